The number of halogens is 1. The van der Waals surface area contributed by atoms with Crippen molar-refractivity contribution in [2.24, 2.45) is 0 Å². The van der Waals surface area contributed by atoms with Gasteiger partial charge in [-0.2, -0.15) is 11.8 Å². The van der Waals surface area contributed by atoms with Crippen molar-refractivity contribution >= 4 is 50.7 Å². The van der Waals surface area contributed by atoms with E-state index in [1.807, 2.05) is 11.4 Å². The van der Waals surface area contributed by atoms with Crippen LogP contribution in [0.1, 0.15) is 19.3 Å². The number of anilines is 1. The molecular formula is C12H14ClN3S2. The molecule has 0 spiro atoms. The number of hydrogen-bond donors (Lipinski definition) is 1. The maximum atomic E-state index is 5.94. The Morgan fingerprint density at radius 1 is 1.39 bits per heavy atom. The number of rotatable bonds is 3. The molecule has 0 amide bonds. The molecule has 3 heterocycles. The molecule has 18 heavy (non-hydrogen) atoms. The van der Waals surface area contributed by atoms with Crippen LogP contribution in [0.25, 0.3) is 10.2 Å². The Morgan fingerprint density at radius 2 is 2.33 bits per heavy atom. The third-order valence-corrected chi connectivity index (χ3v) is 5.44. The van der Waals surface area contributed by atoms with Crippen LogP contribution in [0.3, 0.4) is 0 Å². The molecule has 0 aromatic carbocycles. The van der Waals surface area contributed by atoms with E-state index in [1.54, 1.807) is 11.3 Å². The van der Waals surface area contributed by atoms with Crippen LogP contribution in [0.4, 0.5) is 5.82 Å². The maximum Gasteiger partial charge on any atom is 0.225 e. The first-order valence-electron chi connectivity index (χ1n) is 6.09. The third kappa shape index (κ3) is 2.73. The van der Waals surface area contributed by atoms with E-state index >= 15 is 0 Å². The molecule has 6 heteroatoms. The van der Waals surface area contributed by atoms with Crippen molar-refractivity contribution < 1.29 is 0 Å². The number of nitrogens with one attached hydrogen (secondary N) is 1. The second-order valence-electron chi connectivity index (χ2n) is 4.35. The van der Waals surface area contributed by atoms with Gasteiger partial charge in [-0.3, -0.25) is 0 Å². The molecule has 1 fully saturated rings. The van der Waals surface area contributed by atoms with E-state index in [4.69, 9.17) is 11.6 Å². The van der Waals surface area contributed by atoms with E-state index in [0.717, 1.165) is 22.6 Å². The fourth-order valence-electron chi connectivity index (χ4n) is 2.14. The zero-order valence-electron chi connectivity index (χ0n) is 9.86. The van der Waals surface area contributed by atoms with Gasteiger partial charge in [0.15, 0.2) is 0 Å². The van der Waals surface area contributed by atoms with Crippen molar-refractivity contribution in [1.82, 2.24) is 9.97 Å². The van der Waals surface area contributed by atoms with Gasteiger partial charge in [0.05, 0.1) is 5.39 Å². The predicted octanol–water partition coefficient (Wildman–Crippen LogP) is 4.04. The minimum Gasteiger partial charge on any atom is -0.368 e. The molecule has 1 aliphatic heterocycles. The Hall–Kier alpha value is -0.520. The van der Waals surface area contributed by atoms with E-state index in [9.17, 15) is 0 Å². The Morgan fingerprint density at radius 3 is 3.17 bits per heavy atom. The highest BCUT2D eigenvalue weighted by molar-refractivity contribution is 7.99. The fraction of sp³-hybridized carbons (Fsp3) is 0.500. The molecule has 3 rings (SSSR count). The summed E-state index contributed by atoms with van der Waals surface area (Å²) in [5, 5.41) is 7.55. The molecule has 2 aromatic rings. The Kier molecular flexibility index (Phi) is 3.91. The molecule has 3 nitrogen and oxygen atoms in total. The number of thiophene rings is 1. The van der Waals surface area contributed by atoms with Crippen LogP contribution in [-0.4, -0.2) is 27.5 Å². The monoisotopic (exact) mass is 299 g/mol. The first-order valence-corrected chi connectivity index (χ1v) is 8.40. The summed E-state index contributed by atoms with van der Waals surface area (Å²) in [6.45, 7) is 0.961. The quantitative estimate of drug-likeness (QED) is 0.868. The zero-order valence-corrected chi connectivity index (χ0v) is 12.2. The SMILES string of the molecule is Clc1nc(NCC2CCCCS2)c2ccsc2n1. The van der Waals surface area contributed by atoms with Gasteiger partial charge in [0.2, 0.25) is 5.28 Å². The van der Waals surface area contributed by atoms with Gasteiger partial charge in [0.25, 0.3) is 0 Å². The number of aromatic nitrogens is 2. The Balaban J connectivity index is 1.75. The van der Waals surface area contributed by atoms with Gasteiger partial charge in [-0.1, -0.05) is 6.42 Å². The highest BCUT2D eigenvalue weighted by atomic mass is 35.5. The largest absolute Gasteiger partial charge is 0.368 e. The van der Waals surface area contributed by atoms with Crippen LogP contribution in [0.2, 0.25) is 5.28 Å². The van der Waals surface area contributed by atoms with Crippen LogP contribution in [-0.2, 0) is 0 Å². The van der Waals surface area contributed by atoms with Gasteiger partial charge >= 0.3 is 0 Å². The molecule has 96 valence electrons. The lowest BCUT2D eigenvalue weighted by Gasteiger charge is -2.21. The highest BCUT2D eigenvalue weighted by Crippen LogP contribution is 2.28. The second kappa shape index (κ2) is 5.63. The summed E-state index contributed by atoms with van der Waals surface area (Å²) < 4.78 is 0. The first kappa shape index (κ1) is 12.5. The zero-order chi connectivity index (χ0) is 12.4. The average molecular weight is 300 g/mol. The Labute approximate surface area is 119 Å². The number of hydrogen-bond acceptors (Lipinski definition) is 5. The van der Waals surface area contributed by atoms with Crippen molar-refractivity contribution in [3.05, 3.63) is 16.7 Å². The smallest absolute Gasteiger partial charge is 0.225 e. The van der Waals surface area contributed by atoms with Crippen molar-refractivity contribution in [1.29, 1.82) is 0 Å². The van der Waals surface area contributed by atoms with E-state index < -0.39 is 0 Å². The van der Waals surface area contributed by atoms with Crippen LogP contribution in [0.5, 0.6) is 0 Å². The lowest BCUT2D eigenvalue weighted by molar-refractivity contribution is 0.677. The molecular weight excluding hydrogens is 286 g/mol. The molecule has 1 N–H and O–H groups in total. The number of thioether (sulfide) groups is 1. The summed E-state index contributed by atoms with van der Waals surface area (Å²) in [5.74, 6) is 2.16. The number of nitrogens with zero attached hydrogens (tertiary/aromatic N) is 2. The lowest BCUT2D eigenvalue weighted by atomic mass is 10.2. The highest BCUT2D eigenvalue weighted by Gasteiger charge is 2.15. The molecule has 1 unspecified atom stereocenters. The normalized spacial score (nSPS) is 20.2. The fourth-order valence-corrected chi connectivity index (χ4v) is 4.36. The molecule has 0 radical (unpaired) electrons. The molecule has 0 bridgehead atoms. The minimum atomic E-state index is 0.323. The van der Waals surface area contributed by atoms with Gasteiger partial charge in [0.1, 0.15) is 10.6 Å². The molecule has 0 saturated carbocycles. The Bertz CT molecular complexity index is 537. The van der Waals surface area contributed by atoms with Crippen molar-refractivity contribution in [3.63, 3.8) is 0 Å². The van der Waals surface area contributed by atoms with Crippen molar-refractivity contribution in [3.8, 4) is 0 Å². The first-order chi connectivity index (χ1) is 8.83. The van der Waals surface area contributed by atoms with Gasteiger partial charge in [-0.25, -0.2) is 9.97 Å². The maximum absolute atomic E-state index is 5.94. The summed E-state index contributed by atoms with van der Waals surface area (Å²) in [6.07, 6.45) is 4.00. The topological polar surface area (TPSA) is 37.8 Å². The predicted molar refractivity (Wildman–Crippen MR) is 81.0 cm³/mol. The van der Waals surface area contributed by atoms with Crippen LogP contribution in [0.15, 0.2) is 11.4 Å². The van der Waals surface area contributed by atoms with Gasteiger partial charge in [0, 0.05) is 11.8 Å². The van der Waals surface area contributed by atoms with Crippen molar-refractivity contribution in [2.75, 3.05) is 17.6 Å². The van der Waals surface area contributed by atoms with Gasteiger partial charge < -0.3 is 5.32 Å². The summed E-state index contributed by atoms with van der Waals surface area (Å²) >= 11 is 9.60. The van der Waals surface area contributed by atoms with E-state index in [2.05, 4.69) is 27.0 Å². The number of fused-ring (bicyclic) bond motifs is 1. The summed E-state index contributed by atoms with van der Waals surface area (Å²) in [6, 6.07) is 2.05. The molecule has 0 aliphatic carbocycles. The van der Waals surface area contributed by atoms with Crippen molar-refractivity contribution in [2.45, 2.75) is 24.5 Å². The van der Waals surface area contributed by atoms with Crippen LogP contribution >= 0.6 is 34.7 Å². The van der Waals surface area contributed by atoms with E-state index in [1.165, 1.54) is 25.0 Å². The molecule has 1 atom stereocenters. The lowest BCUT2D eigenvalue weighted by Crippen LogP contribution is -2.20. The van der Waals surface area contributed by atoms with E-state index in [-0.39, 0.29) is 0 Å². The third-order valence-electron chi connectivity index (χ3n) is 3.07. The average Bonchev–Trinajstić information content (AvgIpc) is 2.85. The van der Waals surface area contributed by atoms with Gasteiger partial charge in [-0.05, 0) is 41.6 Å². The summed E-state index contributed by atoms with van der Waals surface area (Å²) in [5.41, 5.74) is 0. The summed E-state index contributed by atoms with van der Waals surface area (Å²) in [4.78, 5) is 9.47. The van der Waals surface area contributed by atoms with Crippen LogP contribution in [0, 0.1) is 0 Å². The summed E-state index contributed by atoms with van der Waals surface area (Å²) in [7, 11) is 0. The molecule has 1 aliphatic rings. The molecule has 2 aromatic heterocycles. The standard InChI is InChI=1S/C12H14ClN3S2/c13-12-15-10(9-4-6-18-11(9)16-12)14-7-8-3-1-2-5-17-8/h4,6,8H,1-3,5,7H2,(H,14,15,16). The van der Waals surface area contributed by atoms with Gasteiger partial charge in [-0.15, -0.1) is 11.3 Å². The second-order valence-corrected chi connectivity index (χ2v) is 6.99. The minimum absolute atomic E-state index is 0.323. The molecule has 1 saturated heterocycles. The van der Waals surface area contributed by atoms with Crippen LogP contribution < -0.4 is 5.32 Å². The van der Waals surface area contributed by atoms with E-state index in [0.29, 0.717) is 10.5 Å².